The van der Waals surface area contributed by atoms with Gasteiger partial charge in [-0.25, -0.2) is 0 Å². The normalized spacial score (nSPS) is 19.6. The van der Waals surface area contributed by atoms with Gasteiger partial charge in [0.2, 0.25) is 0 Å². The van der Waals surface area contributed by atoms with Gasteiger partial charge in [0.25, 0.3) is 0 Å². The first-order valence-corrected chi connectivity index (χ1v) is 7.21. The van der Waals surface area contributed by atoms with Crippen molar-refractivity contribution in [2.24, 2.45) is 0 Å². The van der Waals surface area contributed by atoms with Crippen LogP contribution in [0, 0.1) is 0 Å². The van der Waals surface area contributed by atoms with E-state index in [9.17, 15) is 9.90 Å². The fraction of sp³-hybridized carbons (Fsp3) is 0.583. The Hall–Kier alpha value is -0.190. The van der Waals surface area contributed by atoms with Crippen molar-refractivity contribution < 1.29 is 9.90 Å². The molecule has 4 heteroatoms. The summed E-state index contributed by atoms with van der Waals surface area (Å²) in [4.78, 5) is 13.1. The van der Waals surface area contributed by atoms with Gasteiger partial charge in [0.1, 0.15) is 5.60 Å². The molecule has 1 heterocycles. The van der Waals surface area contributed by atoms with Crippen LogP contribution in [-0.4, -0.2) is 16.5 Å². The first kappa shape index (κ1) is 12.3. The molecular weight excluding hydrogens is 288 g/mol. The second kappa shape index (κ2) is 4.98. The summed E-state index contributed by atoms with van der Waals surface area (Å²) >= 11 is 4.94. The van der Waals surface area contributed by atoms with E-state index in [-0.39, 0.29) is 5.78 Å². The van der Waals surface area contributed by atoms with Gasteiger partial charge in [-0.3, -0.25) is 4.79 Å². The maximum absolute atomic E-state index is 12.0. The van der Waals surface area contributed by atoms with E-state index in [1.807, 2.05) is 12.1 Å². The van der Waals surface area contributed by atoms with Crippen LogP contribution in [-0.2, 0) is 11.2 Å². The van der Waals surface area contributed by atoms with E-state index in [0.717, 1.165) is 27.9 Å². The molecule has 1 saturated carbocycles. The number of aliphatic hydroxyl groups is 1. The molecule has 1 aliphatic carbocycles. The second-order valence-electron chi connectivity index (χ2n) is 4.40. The number of thiophene rings is 1. The van der Waals surface area contributed by atoms with E-state index in [1.54, 1.807) is 11.3 Å². The molecule has 16 heavy (non-hydrogen) atoms. The summed E-state index contributed by atoms with van der Waals surface area (Å²) in [5.74, 6) is -0.0125. The first-order valence-electron chi connectivity index (χ1n) is 5.60. The molecule has 1 N–H and O–H groups in total. The second-order valence-corrected chi connectivity index (χ2v) is 6.95. The Balaban J connectivity index is 2.01. The van der Waals surface area contributed by atoms with Crippen molar-refractivity contribution in [1.82, 2.24) is 0 Å². The van der Waals surface area contributed by atoms with Crippen LogP contribution in [0.3, 0.4) is 0 Å². The van der Waals surface area contributed by atoms with Crippen molar-refractivity contribution in [1.29, 1.82) is 0 Å². The van der Waals surface area contributed by atoms with Crippen molar-refractivity contribution in [3.8, 4) is 0 Å². The molecule has 1 aromatic rings. The molecule has 0 aromatic carbocycles. The summed E-state index contributed by atoms with van der Waals surface area (Å²) in [7, 11) is 0. The molecule has 0 spiro atoms. The highest BCUT2D eigenvalue weighted by Gasteiger charge is 2.36. The van der Waals surface area contributed by atoms with Crippen LogP contribution in [0.5, 0.6) is 0 Å². The molecule has 0 aliphatic heterocycles. The summed E-state index contributed by atoms with van der Waals surface area (Å²) in [5, 5.41) is 10.3. The predicted octanol–water partition coefficient (Wildman–Crippen LogP) is 3.32. The average Bonchev–Trinajstić information content (AvgIpc) is 2.65. The van der Waals surface area contributed by atoms with Gasteiger partial charge in [-0.05, 0) is 40.9 Å². The zero-order valence-electron chi connectivity index (χ0n) is 9.04. The number of halogens is 1. The zero-order chi connectivity index (χ0) is 11.6. The molecule has 0 unspecified atom stereocenters. The molecule has 0 saturated heterocycles. The Morgan fingerprint density at radius 3 is 2.62 bits per heavy atom. The molecule has 88 valence electrons. The lowest BCUT2D eigenvalue weighted by atomic mass is 9.80. The maximum atomic E-state index is 12.0. The SMILES string of the molecule is O=C(Cc1ccc(Br)s1)C1(O)CCCCC1. The minimum absolute atomic E-state index is 0.0125. The minimum atomic E-state index is -1.05. The van der Waals surface area contributed by atoms with Crippen molar-refractivity contribution >= 4 is 33.0 Å². The quantitative estimate of drug-likeness (QED) is 0.930. The highest BCUT2D eigenvalue weighted by atomic mass is 79.9. The molecule has 0 atom stereocenters. The van der Waals surface area contributed by atoms with Crippen LogP contribution < -0.4 is 0 Å². The topological polar surface area (TPSA) is 37.3 Å². The number of hydrogen-bond donors (Lipinski definition) is 1. The third-order valence-corrected chi connectivity index (χ3v) is 4.79. The van der Waals surface area contributed by atoms with E-state index < -0.39 is 5.60 Å². The standard InChI is InChI=1S/C12H15BrO2S/c13-11-5-4-9(16-11)8-10(14)12(15)6-2-1-3-7-12/h4-5,15H,1-3,6-8H2. The predicted molar refractivity (Wildman–Crippen MR) is 68.8 cm³/mol. The summed E-state index contributed by atoms with van der Waals surface area (Å²) < 4.78 is 1.03. The van der Waals surface area contributed by atoms with E-state index in [2.05, 4.69) is 15.9 Å². The molecule has 0 amide bonds. The van der Waals surface area contributed by atoms with Crippen LogP contribution >= 0.6 is 27.3 Å². The highest BCUT2D eigenvalue weighted by Crippen LogP contribution is 2.31. The molecule has 0 bridgehead atoms. The maximum Gasteiger partial charge on any atom is 0.169 e. The molecule has 0 radical (unpaired) electrons. The van der Waals surface area contributed by atoms with Crippen LogP contribution in [0.4, 0.5) is 0 Å². The van der Waals surface area contributed by atoms with Crippen molar-refractivity contribution in [2.45, 2.75) is 44.1 Å². The lowest BCUT2D eigenvalue weighted by Gasteiger charge is -2.30. The van der Waals surface area contributed by atoms with E-state index in [1.165, 1.54) is 0 Å². The lowest BCUT2D eigenvalue weighted by Crippen LogP contribution is -2.41. The van der Waals surface area contributed by atoms with Crippen LogP contribution in [0.2, 0.25) is 0 Å². The molecule has 1 fully saturated rings. The van der Waals surface area contributed by atoms with Gasteiger partial charge in [-0.15, -0.1) is 11.3 Å². The Kier molecular flexibility index (Phi) is 3.82. The smallest absolute Gasteiger partial charge is 0.169 e. The average molecular weight is 303 g/mol. The summed E-state index contributed by atoms with van der Waals surface area (Å²) in [6, 6.07) is 3.89. The molecule has 1 aromatic heterocycles. The Morgan fingerprint density at radius 2 is 2.06 bits per heavy atom. The molecular formula is C12H15BrO2S. The van der Waals surface area contributed by atoms with E-state index >= 15 is 0 Å². The van der Waals surface area contributed by atoms with Gasteiger partial charge in [0.05, 0.1) is 3.79 Å². The van der Waals surface area contributed by atoms with Gasteiger partial charge in [-0.1, -0.05) is 19.3 Å². The number of carbonyl (C=O) groups is 1. The van der Waals surface area contributed by atoms with Gasteiger partial charge in [0.15, 0.2) is 5.78 Å². The number of rotatable bonds is 3. The summed E-state index contributed by atoms with van der Waals surface area (Å²) in [5.41, 5.74) is -1.05. The van der Waals surface area contributed by atoms with Crippen molar-refractivity contribution in [2.75, 3.05) is 0 Å². The number of hydrogen-bond acceptors (Lipinski definition) is 3. The van der Waals surface area contributed by atoms with E-state index in [0.29, 0.717) is 19.3 Å². The number of carbonyl (C=O) groups excluding carboxylic acids is 1. The van der Waals surface area contributed by atoms with Crippen LogP contribution in [0.1, 0.15) is 37.0 Å². The van der Waals surface area contributed by atoms with Gasteiger partial charge in [-0.2, -0.15) is 0 Å². The largest absolute Gasteiger partial charge is 0.382 e. The zero-order valence-corrected chi connectivity index (χ0v) is 11.4. The Bertz CT molecular complexity index is 380. The monoisotopic (exact) mass is 302 g/mol. The van der Waals surface area contributed by atoms with Crippen molar-refractivity contribution in [3.05, 3.63) is 20.8 Å². The molecule has 2 rings (SSSR count). The summed E-state index contributed by atoms with van der Waals surface area (Å²) in [6.07, 6.45) is 4.72. The van der Waals surface area contributed by atoms with Gasteiger partial charge < -0.3 is 5.11 Å². The lowest BCUT2D eigenvalue weighted by molar-refractivity contribution is -0.139. The van der Waals surface area contributed by atoms with Crippen molar-refractivity contribution in [3.63, 3.8) is 0 Å². The van der Waals surface area contributed by atoms with Crippen LogP contribution in [0.15, 0.2) is 15.9 Å². The molecule has 1 aliphatic rings. The Labute approximate surface area is 108 Å². The third kappa shape index (κ3) is 2.73. The summed E-state index contributed by atoms with van der Waals surface area (Å²) in [6.45, 7) is 0. The fourth-order valence-electron chi connectivity index (χ4n) is 2.19. The third-order valence-electron chi connectivity index (χ3n) is 3.16. The highest BCUT2D eigenvalue weighted by molar-refractivity contribution is 9.11. The minimum Gasteiger partial charge on any atom is -0.382 e. The van der Waals surface area contributed by atoms with Gasteiger partial charge in [0, 0.05) is 11.3 Å². The fourth-order valence-corrected chi connectivity index (χ4v) is 3.67. The van der Waals surface area contributed by atoms with E-state index in [4.69, 9.17) is 0 Å². The molecule has 2 nitrogen and oxygen atoms in total. The first-order chi connectivity index (χ1) is 7.60. The number of ketones is 1. The van der Waals surface area contributed by atoms with Crippen LogP contribution in [0.25, 0.3) is 0 Å². The Morgan fingerprint density at radius 1 is 1.38 bits per heavy atom. The van der Waals surface area contributed by atoms with Gasteiger partial charge >= 0.3 is 0 Å². The number of Topliss-reactive ketones (excluding diaryl/α,β-unsaturated/α-hetero) is 1.